The second-order valence-electron chi connectivity index (χ2n) is 16.4. The van der Waals surface area contributed by atoms with Crippen LogP contribution in [0.25, 0.3) is 0 Å². The van der Waals surface area contributed by atoms with Gasteiger partial charge in [-0.2, -0.15) is 0 Å². The van der Waals surface area contributed by atoms with Crippen LogP contribution in [-0.2, 0) is 28.6 Å². The van der Waals surface area contributed by atoms with Gasteiger partial charge in [0, 0.05) is 19.3 Å². The number of carbonyl (C=O) groups excluding carboxylic acids is 3. The van der Waals surface area contributed by atoms with Crippen LogP contribution in [0.15, 0.2) is 72.9 Å². The van der Waals surface area contributed by atoms with Crippen molar-refractivity contribution in [3.63, 3.8) is 0 Å². The van der Waals surface area contributed by atoms with Crippen LogP contribution in [0.3, 0.4) is 0 Å². The van der Waals surface area contributed by atoms with Gasteiger partial charge in [0.25, 0.3) is 0 Å². The van der Waals surface area contributed by atoms with E-state index in [1.165, 1.54) is 109 Å². The van der Waals surface area contributed by atoms with E-state index in [1.54, 1.807) is 0 Å². The molecular formula is C54H92O6. The highest BCUT2D eigenvalue weighted by Gasteiger charge is 2.19. The maximum absolute atomic E-state index is 12.7. The third-order valence-electron chi connectivity index (χ3n) is 10.4. The highest BCUT2D eigenvalue weighted by Crippen LogP contribution is 2.14. The monoisotopic (exact) mass is 837 g/mol. The van der Waals surface area contributed by atoms with Gasteiger partial charge in [-0.3, -0.25) is 14.4 Å². The highest BCUT2D eigenvalue weighted by molar-refractivity contribution is 5.71. The number of unbranched alkanes of at least 4 members (excludes halogenated alkanes) is 21. The van der Waals surface area contributed by atoms with E-state index in [0.717, 1.165) is 77.0 Å². The second-order valence-corrected chi connectivity index (χ2v) is 16.4. The van der Waals surface area contributed by atoms with Crippen LogP contribution in [0.2, 0.25) is 0 Å². The Bertz CT molecular complexity index is 1140. The lowest BCUT2D eigenvalue weighted by atomic mass is 10.0. The molecule has 0 rings (SSSR count). The summed E-state index contributed by atoms with van der Waals surface area (Å²) >= 11 is 0. The van der Waals surface area contributed by atoms with Gasteiger partial charge in [-0.05, 0) is 77.0 Å². The molecule has 6 nitrogen and oxygen atoms in total. The maximum Gasteiger partial charge on any atom is 0.306 e. The number of allylic oxidation sites excluding steroid dienone is 12. The van der Waals surface area contributed by atoms with Gasteiger partial charge in [-0.25, -0.2) is 0 Å². The maximum atomic E-state index is 12.7. The average molecular weight is 837 g/mol. The number of ether oxygens (including phenoxy) is 3. The van der Waals surface area contributed by atoms with Crippen LogP contribution >= 0.6 is 0 Å². The Morgan fingerprint density at radius 3 is 1.10 bits per heavy atom. The molecule has 0 aromatic rings. The van der Waals surface area contributed by atoms with Crippen molar-refractivity contribution in [2.45, 2.75) is 239 Å². The molecule has 0 saturated heterocycles. The summed E-state index contributed by atoms with van der Waals surface area (Å²) in [5, 5.41) is 0. The third-order valence-corrected chi connectivity index (χ3v) is 10.4. The van der Waals surface area contributed by atoms with Gasteiger partial charge >= 0.3 is 17.9 Å². The van der Waals surface area contributed by atoms with E-state index in [0.29, 0.717) is 19.3 Å². The Morgan fingerprint density at radius 2 is 0.650 bits per heavy atom. The highest BCUT2D eigenvalue weighted by atomic mass is 16.6. The first-order valence-electron chi connectivity index (χ1n) is 24.9. The van der Waals surface area contributed by atoms with Gasteiger partial charge in [-0.15, -0.1) is 0 Å². The summed E-state index contributed by atoms with van der Waals surface area (Å²) in [5.74, 6) is -1.00. The Kier molecular flexibility index (Phi) is 46.0. The van der Waals surface area contributed by atoms with Gasteiger partial charge in [-0.1, -0.05) is 209 Å². The molecule has 0 bridgehead atoms. The van der Waals surface area contributed by atoms with Gasteiger partial charge < -0.3 is 14.2 Å². The number of hydrogen-bond acceptors (Lipinski definition) is 6. The number of esters is 3. The number of rotatable bonds is 44. The molecule has 0 heterocycles. The average Bonchev–Trinajstić information content (AvgIpc) is 3.24. The van der Waals surface area contributed by atoms with Crippen LogP contribution in [-0.4, -0.2) is 37.2 Å². The Hall–Kier alpha value is -3.15. The predicted molar refractivity (Wildman–Crippen MR) is 256 cm³/mol. The summed E-state index contributed by atoms with van der Waals surface area (Å²) in [4.78, 5) is 37.8. The second kappa shape index (κ2) is 48.5. The molecule has 0 aliphatic rings. The van der Waals surface area contributed by atoms with Crippen molar-refractivity contribution in [2.75, 3.05) is 13.2 Å². The standard InChI is InChI=1S/C54H92O6/c1-4-7-10-13-16-19-22-24-25-26-27-28-29-30-33-36-39-42-45-48-54(57)60-51(49-58-52(55)46-43-40-37-34-31-21-18-15-12-9-6-3)50-59-53(56)47-44-41-38-35-32-23-20-17-14-11-8-5-2/h15-16,18-19,24-25,27-28,30,33,39,42,51H,4-14,17,20-23,26,29,31-32,34-38,40-41,43-50H2,1-3H3/b18-15-,19-16-,25-24-,28-27-,33-30-,42-39-/t51-/m1/s1. The van der Waals surface area contributed by atoms with Gasteiger partial charge in [0.05, 0.1) is 0 Å². The first-order valence-corrected chi connectivity index (χ1v) is 24.9. The van der Waals surface area contributed by atoms with E-state index in [1.807, 2.05) is 12.2 Å². The Morgan fingerprint density at radius 1 is 0.333 bits per heavy atom. The normalized spacial score (nSPS) is 12.7. The molecule has 0 aromatic carbocycles. The predicted octanol–water partition coefficient (Wildman–Crippen LogP) is 16.3. The molecule has 0 amide bonds. The molecule has 344 valence electrons. The summed E-state index contributed by atoms with van der Waals surface area (Å²) in [6.45, 7) is 6.49. The minimum Gasteiger partial charge on any atom is -0.462 e. The number of hydrogen-bond donors (Lipinski definition) is 0. The third kappa shape index (κ3) is 45.9. The van der Waals surface area contributed by atoms with E-state index in [2.05, 4.69) is 81.5 Å². The van der Waals surface area contributed by atoms with E-state index in [-0.39, 0.29) is 31.6 Å². The molecule has 0 spiro atoms. The molecule has 0 aliphatic carbocycles. The molecule has 1 atom stereocenters. The zero-order valence-corrected chi connectivity index (χ0v) is 39.2. The lowest BCUT2D eigenvalue weighted by molar-refractivity contribution is -0.166. The van der Waals surface area contributed by atoms with Crippen LogP contribution in [0.4, 0.5) is 0 Å². The molecule has 0 fully saturated rings. The first-order chi connectivity index (χ1) is 29.5. The van der Waals surface area contributed by atoms with E-state index >= 15 is 0 Å². The number of carbonyl (C=O) groups is 3. The van der Waals surface area contributed by atoms with Crippen molar-refractivity contribution in [2.24, 2.45) is 0 Å². The first kappa shape index (κ1) is 56.9. The quantitative estimate of drug-likeness (QED) is 0.0263. The lowest BCUT2D eigenvalue weighted by Crippen LogP contribution is -2.30. The van der Waals surface area contributed by atoms with Crippen molar-refractivity contribution >= 4 is 17.9 Å². The summed E-state index contributed by atoms with van der Waals surface area (Å²) in [6.07, 6.45) is 60.4. The van der Waals surface area contributed by atoms with Crippen molar-refractivity contribution < 1.29 is 28.6 Å². The molecule has 0 unspecified atom stereocenters. The smallest absolute Gasteiger partial charge is 0.306 e. The molecule has 0 N–H and O–H groups in total. The van der Waals surface area contributed by atoms with E-state index in [9.17, 15) is 14.4 Å². The summed E-state index contributed by atoms with van der Waals surface area (Å²) in [7, 11) is 0. The van der Waals surface area contributed by atoms with Crippen molar-refractivity contribution in [3.8, 4) is 0 Å². The zero-order valence-electron chi connectivity index (χ0n) is 39.2. The van der Waals surface area contributed by atoms with Crippen LogP contribution in [0.5, 0.6) is 0 Å². The minimum absolute atomic E-state index is 0.106. The molecule has 0 saturated carbocycles. The van der Waals surface area contributed by atoms with Gasteiger partial charge in [0.15, 0.2) is 6.10 Å². The molecule has 0 aromatic heterocycles. The van der Waals surface area contributed by atoms with E-state index in [4.69, 9.17) is 14.2 Å². The summed E-state index contributed by atoms with van der Waals surface area (Å²) < 4.78 is 16.7. The van der Waals surface area contributed by atoms with E-state index < -0.39 is 12.1 Å². The van der Waals surface area contributed by atoms with Crippen LogP contribution in [0.1, 0.15) is 233 Å². The molecule has 6 heteroatoms. The Labute approximate surface area is 370 Å². The summed E-state index contributed by atoms with van der Waals surface area (Å²) in [6, 6.07) is 0. The van der Waals surface area contributed by atoms with Crippen molar-refractivity contribution in [3.05, 3.63) is 72.9 Å². The fraction of sp³-hybridized carbons (Fsp3) is 0.722. The van der Waals surface area contributed by atoms with Crippen molar-refractivity contribution in [1.82, 2.24) is 0 Å². The summed E-state index contributed by atoms with van der Waals surface area (Å²) in [5.41, 5.74) is 0. The topological polar surface area (TPSA) is 78.9 Å². The fourth-order valence-corrected chi connectivity index (χ4v) is 6.64. The van der Waals surface area contributed by atoms with Crippen molar-refractivity contribution in [1.29, 1.82) is 0 Å². The van der Waals surface area contributed by atoms with Crippen LogP contribution < -0.4 is 0 Å². The minimum atomic E-state index is -0.814. The molecule has 60 heavy (non-hydrogen) atoms. The van der Waals surface area contributed by atoms with Crippen LogP contribution in [0, 0.1) is 0 Å². The van der Waals surface area contributed by atoms with Gasteiger partial charge in [0.2, 0.25) is 0 Å². The fourth-order valence-electron chi connectivity index (χ4n) is 6.64. The SMILES string of the molecule is CCCC/C=C\CCCCCCCC(=O)OC[C@H](COC(=O)CCCCCCCCCCCCCC)OC(=O)CC/C=C\C/C=C\C/C=C\C/C=C\C/C=C\CCCCC. The Balaban J connectivity index is 4.50. The zero-order chi connectivity index (χ0) is 43.7. The molecule has 0 radical (unpaired) electrons. The molecule has 0 aliphatic heterocycles. The largest absolute Gasteiger partial charge is 0.462 e. The molecular weight excluding hydrogens is 745 g/mol. The lowest BCUT2D eigenvalue weighted by Gasteiger charge is -2.18. The van der Waals surface area contributed by atoms with Gasteiger partial charge in [0.1, 0.15) is 13.2 Å².